The summed E-state index contributed by atoms with van der Waals surface area (Å²) >= 11 is 0. The first-order valence-electron chi connectivity index (χ1n) is 10.5. The van der Waals surface area contributed by atoms with E-state index in [1.54, 1.807) is 5.57 Å². The molecule has 25 heavy (non-hydrogen) atoms. The molecule has 0 unspecified atom stereocenters. The minimum atomic E-state index is -1.69. The molecule has 0 N–H and O–H groups in total. The van der Waals surface area contributed by atoms with Gasteiger partial charge in [-0.25, -0.2) is 0 Å². The Kier molecular flexibility index (Phi) is 7.62. The van der Waals surface area contributed by atoms with E-state index in [4.69, 9.17) is 4.43 Å². The maximum Gasteiger partial charge on any atom is 0.192 e. The van der Waals surface area contributed by atoms with Gasteiger partial charge in [0.25, 0.3) is 0 Å². The van der Waals surface area contributed by atoms with Crippen molar-refractivity contribution in [3.63, 3.8) is 0 Å². The van der Waals surface area contributed by atoms with Crippen molar-refractivity contribution in [3.05, 3.63) is 11.6 Å². The fraction of sp³-hybridized carbons (Fsp3) is 0.913. The molecule has 0 aromatic carbocycles. The predicted octanol–water partition coefficient (Wildman–Crippen LogP) is 7.69. The smallest absolute Gasteiger partial charge is 0.192 e. The molecular weight excluding hydrogens is 320 g/mol. The first kappa shape index (κ1) is 23.0. The first-order chi connectivity index (χ1) is 11.1. The lowest BCUT2D eigenvalue weighted by Crippen LogP contribution is -2.43. The van der Waals surface area contributed by atoms with E-state index in [1.807, 2.05) is 0 Å². The van der Waals surface area contributed by atoms with Gasteiger partial charge in [0.1, 0.15) is 0 Å². The number of hydrogen-bond acceptors (Lipinski definition) is 1. The average molecular weight is 367 g/mol. The Morgan fingerprint density at radius 1 is 1.08 bits per heavy atom. The summed E-state index contributed by atoms with van der Waals surface area (Å²) in [5.74, 6) is 2.86. The second-order valence-corrected chi connectivity index (χ2v) is 16.3. The van der Waals surface area contributed by atoms with E-state index in [0.717, 1.165) is 24.4 Å². The SMILES string of the molecule is CC(C)[C@@H]1CC[C@@H](C)C/C1=C\[C@H](CO[Si](C)(C)C(C)(C)C)C(C)(C)C. The zero-order valence-electron chi connectivity index (χ0n) is 19.1. The van der Waals surface area contributed by atoms with Gasteiger partial charge in [-0.05, 0) is 60.6 Å². The van der Waals surface area contributed by atoms with E-state index in [2.05, 4.69) is 81.5 Å². The lowest BCUT2D eigenvalue weighted by atomic mass is 9.71. The molecule has 148 valence electrons. The molecule has 0 heterocycles. The summed E-state index contributed by atoms with van der Waals surface area (Å²) in [5.41, 5.74) is 1.96. The van der Waals surface area contributed by atoms with Gasteiger partial charge in [0.15, 0.2) is 8.32 Å². The van der Waals surface area contributed by atoms with E-state index in [1.165, 1.54) is 19.3 Å². The minimum Gasteiger partial charge on any atom is -0.416 e. The van der Waals surface area contributed by atoms with Crippen LogP contribution >= 0.6 is 0 Å². The molecule has 0 amide bonds. The maximum atomic E-state index is 6.64. The second-order valence-electron chi connectivity index (χ2n) is 11.5. The maximum absolute atomic E-state index is 6.64. The summed E-state index contributed by atoms with van der Waals surface area (Å²) in [5, 5.41) is 0.280. The van der Waals surface area contributed by atoms with Gasteiger partial charge in [-0.2, -0.15) is 0 Å². The van der Waals surface area contributed by atoms with Crippen molar-refractivity contribution in [2.45, 2.75) is 99.7 Å². The molecule has 0 aliphatic heterocycles. The lowest BCUT2D eigenvalue weighted by Gasteiger charge is -2.40. The van der Waals surface area contributed by atoms with Crippen LogP contribution < -0.4 is 0 Å². The standard InChI is InChI=1S/C23H46OSi/c1-17(2)21-13-12-18(3)14-19(21)15-20(22(4,5)6)16-24-25(10,11)23(7,8)9/h15,17-18,20-21H,12-14,16H2,1-11H3/b19-15+/t18-,20-,21+/m1/s1. The Hall–Kier alpha value is -0.0831. The lowest BCUT2D eigenvalue weighted by molar-refractivity contribution is 0.167. The molecule has 0 aromatic heterocycles. The zero-order valence-corrected chi connectivity index (χ0v) is 20.1. The van der Waals surface area contributed by atoms with Crippen LogP contribution in [0.2, 0.25) is 18.1 Å². The quantitative estimate of drug-likeness (QED) is 0.358. The normalized spacial score (nSPS) is 26.3. The highest BCUT2D eigenvalue weighted by Gasteiger charge is 2.38. The van der Waals surface area contributed by atoms with E-state index in [0.29, 0.717) is 5.92 Å². The number of rotatable bonds is 5. The van der Waals surface area contributed by atoms with Gasteiger partial charge in [-0.3, -0.25) is 0 Å². The third kappa shape index (κ3) is 6.54. The predicted molar refractivity (Wildman–Crippen MR) is 116 cm³/mol. The van der Waals surface area contributed by atoms with Crippen molar-refractivity contribution in [1.29, 1.82) is 0 Å². The molecule has 2 heteroatoms. The summed E-state index contributed by atoms with van der Waals surface area (Å²) < 4.78 is 6.64. The molecule has 1 rings (SSSR count). The van der Waals surface area contributed by atoms with Crippen LogP contribution in [0.4, 0.5) is 0 Å². The number of hydrogen-bond donors (Lipinski definition) is 0. The van der Waals surface area contributed by atoms with Crippen LogP contribution in [0.1, 0.15) is 81.6 Å². The fourth-order valence-corrected chi connectivity index (χ4v) is 4.61. The molecule has 0 spiro atoms. The molecule has 1 nitrogen and oxygen atoms in total. The van der Waals surface area contributed by atoms with Crippen LogP contribution in [0.15, 0.2) is 11.6 Å². The Morgan fingerprint density at radius 3 is 2.08 bits per heavy atom. The second kappa shape index (κ2) is 8.29. The highest BCUT2D eigenvalue weighted by Crippen LogP contribution is 2.41. The van der Waals surface area contributed by atoms with Gasteiger partial charge in [-0.15, -0.1) is 0 Å². The molecular formula is C23H46OSi. The Labute approximate surface area is 160 Å². The summed E-state index contributed by atoms with van der Waals surface area (Å²) in [6, 6.07) is 0. The van der Waals surface area contributed by atoms with Gasteiger partial charge in [0.05, 0.1) is 0 Å². The van der Waals surface area contributed by atoms with E-state index >= 15 is 0 Å². The van der Waals surface area contributed by atoms with Crippen molar-refractivity contribution in [2.24, 2.45) is 29.1 Å². The van der Waals surface area contributed by atoms with Gasteiger partial charge < -0.3 is 4.43 Å². The number of allylic oxidation sites excluding steroid dienone is 1. The first-order valence-corrected chi connectivity index (χ1v) is 13.4. The molecule has 0 bridgehead atoms. The van der Waals surface area contributed by atoms with Gasteiger partial charge in [0, 0.05) is 12.5 Å². The van der Waals surface area contributed by atoms with Crippen molar-refractivity contribution in [3.8, 4) is 0 Å². The molecule has 0 radical (unpaired) electrons. The summed E-state index contributed by atoms with van der Waals surface area (Å²) in [6.07, 6.45) is 6.68. The Balaban J connectivity index is 3.02. The summed E-state index contributed by atoms with van der Waals surface area (Å²) in [6.45, 7) is 27.0. The van der Waals surface area contributed by atoms with Crippen LogP contribution in [0.5, 0.6) is 0 Å². The van der Waals surface area contributed by atoms with Gasteiger partial charge in [0.2, 0.25) is 0 Å². The zero-order chi connectivity index (χ0) is 19.6. The van der Waals surface area contributed by atoms with E-state index in [-0.39, 0.29) is 10.5 Å². The Bertz CT molecular complexity index is 448. The average Bonchev–Trinajstić information content (AvgIpc) is 2.40. The van der Waals surface area contributed by atoms with Crippen LogP contribution in [0.3, 0.4) is 0 Å². The minimum absolute atomic E-state index is 0.248. The van der Waals surface area contributed by atoms with Crippen LogP contribution in [-0.2, 0) is 4.43 Å². The van der Waals surface area contributed by atoms with Crippen LogP contribution in [-0.4, -0.2) is 14.9 Å². The molecule has 0 saturated heterocycles. The van der Waals surface area contributed by atoms with Crippen molar-refractivity contribution in [1.82, 2.24) is 0 Å². The molecule has 1 fully saturated rings. The van der Waals surface area contributed by atoms with Gasteiger partial charge >= 0.3 is 0 Å². The highest BCUT2D eigenvalue weighted by atomic mass is 28.4. The van der Waals surface area contributed by atoms with Crippen molar-refractivity contribution in [2.75, 3.05) is 6.61 Å². The molecule has 3 atom stereocenters. The molecule has 1 saturated carbocycles. The van der Waals surface area contributed by atoms with Crippen molar-refractivity contribution >= 4 is 8.32 Å². The third-order valence-electron chi connectivity index (χ3n) is 6.79. The van der Waals surface area contributed by atoms with Crippen molar-refractivity contribution < 1.29 is 4.43 Å². The van der Waals surface area contributed by atoms with E-state index < -0.39 is 8.32 Å². The van der Waals surface area contributed by atoms with Crippen LogP contribution in [0, 0.1) is 29.1 Å². The van der Waals surface area contributed by atoms with E-state index in [9.17, 15) is 0 Å². The fourth-order valence-electron chi connectivity index (χ4n) is 3.58. The molecule has 0 aromatic rings. The monoisotopic (exact) mass is 366 g/mol. The Morgan fingerprint density at radius 2 is 1.64 bits per heavy atom. The van der Waals surface area contributed by atoms with Crippen LogP contribution in [0.25, 0.3) is 0 Å². The summed E-state index contributed by atoms with van der Waals surface area (Å²) in [7, 11) is -1.69. The molecule has 1 aliphatic rings. The highest BCUT2D eigenvalue weighted by molar-refractivity contribution is 6.74. The third-order valence-corrected chi connectivity index (χ3v) is 11.3. The topological polar surface area (TPSA) is 9.23 Å². The largest absolute Gasteiger partial charge is 0.416 e. The van der Waals surface area contributed by atoms with Gasteiger partial charge in [-0.1, -0.05) is 74.0 Å². The summed E-state index contributed by atoms with van der Waals surface area (Å²) in [4.78, 5) is 0. The molecule has 1 aliphatic carbocycles.